The summed E-state index contributed by atoms with van der Waals surface area (Å²) in [7, 11) is 1.78. The lowest BCUT2D eigenvalue weighted by molar-refractivity contribution is 0.120. The van der Waals surface area contributed by atoms with Crippen LogP contribution in [0.1, 0.15) is 5.56 Å². The van der Waals surface area contributed by atoms with Gasteiger partial charge < -0.3 is 10.0 Å². The minimum absolute atomic E-state index is 0.0426. The van der Waals surface area contributed by atoms with Gasteiger partial charge in [-0.2, -0.15) is 0 Å². The van der Waals surface area contributed by atoms with E-state index in [2.05, 4.69) is 0 Å². The van der Waals surface area contributed by atoms with Gasteiger partial charge in [-0.3, -0.25) is 0 Å². The van der Waals surface area contributed by atoms with Gasteiger partial charge in [0, 0.05) is 20.1 Å². The number of hydrogen-bond acceptors (Lipinski definition) is 4. The first-order valence-electron chi connectivity index (χ1n) is 6.12. The van der Waals surface area contributed by atoms with Gasteiger partial charge in [-0.05, 0) is 19.7 Å². The van der Waals surface area contributed by atoms with Gasteiger partial charge in [-0.15, -0.1) is 0 Å². The summed E-state index contributed by atoms with van der Waals surface area (Å²) in [6, 6.07) is 9.03. The van der Waals surface area contributed by atoms with E-state index in [0.29, 0.717) is 6.54 Å². The molecule has 5 nitrogen and oxygen atoms in total. The summed E-state index contributed by atoms with van der Waals surface area (Å²) in [6.07, 6.45) is -0.689. The molecule has 0 saturated heterocycles. The molecule has 0 aromatic heterocycles. The molecule has 0 unspecified atom stereocenters. The Labute approximate surface area is 115 Å². The summed E-state index contributed by atoms with van der Waals surface area (Å²) in [6.45, 7) is 0.540. The van der Waals surface area contributed by atoms with Gasteiger partial charge in [0.15, 0.2) is 0 Å². The van der Waals surface area contributed by atoms with Crippen molar-refractivity contribution in [2.24, 2.45) is 0 Å². The lowest BCUT2D eigenvalue weighted by Gasteiger charge is -2.22. The molecule has 108 valence electrons. The first-order chi connectivity index (χ1) is 8.81. The molecule has 6 heteroatoms. The summed E-state index contributed by atoms with van der Waals surface area (Å²) in [5, 5.41) is 9.77. The molecule has 1 rings (SSSR count). The third-order valence-corrected chi connectivity index (χ3v) is 4.51. The topological polar surface area (TPSA) is 60.9 Å². The standard InChI is InChI=1S/C13H22N2O3S/c1-14(2)9-13(16)10-15(3)19(17,18)11-12-7-5-4-6-8-12/h4-8,13,16H,9-11H2,1-3H3/t13-/m1/s1. The molecule has 1 atom stereocenters. The van der Waals surface area contributed by atoms with Crippen molar-refractivity contribution >= 4 is 10.0 Å². The molecular weight excluding hydrogens is 264 g/mol. The molecular formula is C13H22N2O3S. The van der Waals surface area contributed by atoms with Gasteiger partial charge in [0.2, 0.25) is 10.0 Å². The SMILES string of the molecule is CN(C)C[C@@H](O)CN(C)S(=O)(=O)Cc1ccccc1. The fourth-order valence-electron chi connectivity index (χ4n) is 1.78. The smallest absolute Gasteiger partial charge is 0.218 e. The van der Waals surface area contributed by atoms with Crippen molar-refractivity contribution in [1.82, 2.24) is 9.21 Å². The molecule has 0 aliphatic carbocycles. The lowest BCUT2D eigenvalue weighted by atomic mass is 10.2. The summed E-state index contributed by atoms with van der Waals surface area (Å²) < 4.78 is 25.5. The van der Waals surface area contributed by atoms with Crippen LogP contribution in [-0.2, 0) is 15.8 Å². The minimum Gasteiger partial charge on any atom is -0.390 e. The number of rotatable bonds is 7. The molecule has 0 saturated carbocycles. The first-order valence-corrected chi connectivity index (χ1v) is 7.73. The van der Waals surface area contributed by atoms with Gasteiger partial charge in [0.25, 0.3) is 0 Å². The number of aliphatic hydroxyl groups excluding tert-OH is 1. The predicted molar refractivity (Wildman–Crippen MR) is 76.3 cm³/mol. The monoisotopic (exact) mass is 286 g/mol. The van der Waals surface area contributed by atoms with Crippen LogP contribution in [0, 0.1) is 0 Å². The Kier molecular flexibility index (Phi) is 5.93. The summed E-state index contributed by atoms with van der Waals surface area (Å²) >= 11 is 0. The van der Waals surface area contributed by atoms with Gasteiger partial charge in [0.1, 0.15) is 0 Å². The van der Waals surface area contributed by atoms with Gasteiger partial charge in [-0.1, -0.05) is 30.3 Å². The van der Waals surface area contributed by atoms with Crippen LogP contribution in [0.2, 0.25) is 0 Å². The second-order valence-corrected chi connectivity index (χ2v) is 7.01. The summed E-state index contributed by atoms with van der Waals surface area (Å²) in [4.78, 5) is 1.82. The predicted octanol–water partition coefficient (Wildman–Crippen LogP) is 0.371. The fraction of sp³-hybridized carbons (Fsp3) is 0.538. The number of sulfonamides is 1. The Balaban J connectivity index is 2.62. The van der Waals surface area contributed by atoms with Crippen LogP contribution in [0.5, 0.6) is 0 Å². The van der Waals surface area contributed by atoms with Gasteiger partial charge >= 0.3 is 0 Å². The highest BCUT2D eigenvalue weighted by atomic mass is 32.2. The average molecular weight is 286 g/mol. The summed E-state index contributed by atoms with van der Waals surface area (Å²) in [5.74, 6) is -0.0426. The van der Waals surface area contributed by atoms with Crippen molar-refractivity contribution in [3.63, 3.8) is 0 Å². The molecule has 0 bridgehead atoms. The molecule has 1 N–H and O–H groups in total. The maximum atomic E-state index is 12.1. The van der Waals surface area contributed by atoms with E-state index in [0.717, 1.165) is 5.56 Å². The second kappa shape index (κ2) is 7.00. The van der Waals surface area contributed by atoms with E-state index in [1.165, 1.54) is 11.4 Å². The normalized spacial score (nSPS) is 14.0. The van der Waals surface area contributed by atoms with E-state index >= 15 is 0 Å². The molecule has 1 aromatic carbocycles. The number of hydrogen-bond donors (Lipinski definition) is 1. The molecule has 0 heterocycles. The lowest BCUT2D eigenvalue weighted by Crippen LogP contribution is -2.39. The molecule has 0 aliphatic rings. The van der Waals surface area contributed by atoms with Crippen LogP contribution < -0.4 is 0 Å². The Morgan fingerprint density at radius 2 is 1.68 bits per heavy atom. The van der Waals surface area contributed by atoms with E-state index in [1.54, 1.807) is 12.1 Å². The molecule has 1 aromatic rings. The fourth-order valence-corrected chi connectivity index (χ4v) is 3.02. The molecule has 19 heavy (non-hydrogen) atoms. The zero-order valence-electron chi connectivity index (χ0n) is 11.7. The van der Waals surface area contributed by atoms with Crippen molar-refractivity contribution in [3.8, 4) is 0 Å². The number of benzene rings is 1. The quantitative estimate of drug-likeness (QED) is 0.787. The molecule has 0 aliphatic heterocycles. The molecule has 0 radical (unpaired) electrons. The van der Waals surface area contributed by atoms with Crippen LogP contribution in [0.4, 0.5) is 0 Å². The zero-order valence-corrected chi connectivity index (χ0v) is 12.5. The highest BCUT2D eigenvalue weighted by Crippen LogP contribution is 2.09. The van der Waals surface area contributed by atoms with Crippen molar-refractivity contribution in [2.75, 3.05) is 34.2 Å². The highest BCUT2D eigenvalue weighted by Gasteiger charge is 2.21. The number of aliphatic hydroxyl groups is 1. The van der Waals surface area contributed by atoms with E-state index in [1.807, 2.05) is 37.2 Å². The van der Waals surface area contributed by atoms with Crippen molar-refractivity contribution in [3.05, 3.63) is 35.9 Å². The van der Waals surface area contributed by atoms with E-state index in [4.69, 9.17) is 0 Å². The number of nitrogens with zero attached hydrogens (tertiary/aromatic N) is 2. The third-order valence-electron chi connectivity index (χ3n) is 2.71. The Morgan fingerprint density at radius 1 is 1.11 bits per heavy atom. The van der Waals surface area contributed by atoms with Crippen LogP contribution in [0.3, 0.4) is 0 Å². The number of likely N-dealkylation sites (N-methyl/N-ethyl adjacent to an activating group) is 2. The van der Waals surface area contributed by atoms with Crippen LogP contribution in [0.15, 0.2) is 30.3 Å². The third kappa shape index (κ3) is 5.69. The van der Waals surface area contributed by atoms with Crippen molar-refractivity contribution in [1.29, 1.82) is 0 Å². The largest absolute Gasteiger partial charge is 0.390 e. The van der Waals surface area contributed by atoms with Crippen molar-refractivity contribution in [2.45, 2.75) is 11.9 Å². The van der Waals surface area contributed by atoms with E-state index in [-0.39, 0.29) is 12.3 Å². The highest BCUT2D eigenvalue weighted by molar-refractivity contribution is 7.88. The zero-order chi connectivity index (χ0) is 14.5. The molecule has 0 spiro atoms. The van der Waals surface area contributed by atoms with Crippen LogP contribution in [-0.4, -0.2) is 63.1 Å². The maximum Gasteiger partial charge on any atom is 0.218 e. The van der Waals surface area contributed by atoms with Crippen LogP contribution >= 0.6 is 0 Å². The Hall–Kier alpha value is -0.950. The van der Waals surface area contributed by atoms with Crippen molar-refractivity contribution < 1.29 is 13.5 Å². The van der Waals surface area contributed by atoms with Crippen LogP contribution in [0.25, 0.3) is 0 Å². The molecule has 0 amide bonds. The van der Waals surface area contributed by atoms with Gasteiger partial charge in [-0.25, -0.2) is 12.7 Å². The van der Waals surface area contributed by atoms with Gasteiger partial charge in [0.05, 0.1) is 11.9 Å². The second-order valence-electron chi connectivity index (χ2n) is 4.94. The summed E-state index contributed by atoms with van der Waals surface area (Å²) in [5.41, 5.74) is 0.747. The first kappa shape index (κ1) is 16.1. The average Bonchev–Trinajstić information content (AvgIpc) is 2.28. The maximum absolute atomic E-state index is 12.1. The van der Waals surface area contributed by atoms with E-state index < -0.39 is 16.1 Å². The molecule has 0 fully saturated rings. The Bertz CT molecular complexity index is 474. The minimum atomic E-state index is -3.39. The van der Waals surface area contributed by atoms with E-state index in [9.17, 15) is 13.5 Å². The Morgan fingerprint density at radius 3 is 2.21 bits per heavy atom.